The molecule has 8 nitrogen and oxygen atoms in total. The summed E-state index contributed by atoms with van der Waals surface area (Å²) in [5, 5.41) is 0. The van der Waals surface area contributed by atoms with Crippen LogP contribution in [0.15, 0.2) is 30.5 Å². The Hall–Kier alpha value is -2.71. The van der Waals surface area contributed by atoms with Gasteiger partial charge >= 0.3 is 12.0 Å². The first-order chi connectivity index (χ1) is 14.2. The van der Waals surface area contributed by atoms with E-state index in [4.69, 9.17) is 14.2 Å². The van der Waals surface area contributed by atoms with Crippen LogP contribution in [0.5, 0.6) is 11.8 Å². The summed E-state index contributed by atoms with van der Waals surface area (Å²) in [6.45, 7) is 4.65. The number of rotatable bonds is 10. The summed E-state index contributed by atoms with van der Waals surface area (Å²) >= 11 is 0. The molecule has 2 unspecified atom stereocenters. The smallest absolute Gasteiger partial charge is 0.357 e. The quantitative estimate of drug-likeness (QED) is 0.547. The summed E-state index contributed by atoms with van der Waals surface area (Å²) < 4.78 is 16.7. The second-order valence-corrected chi connectivity index (χ2v) is 7.65. The lowest BCUT2D eigenvalue weighted by molar-refractivity contribution is 0.0409. The number of ether oxygens (including phenoxy) is 3. The van der Waals surface area contributed by atoms with Crippen LogP contribution in [-0.2, 0) is 4.74 Å². The molecule has 2 atom stereocenters. The fourth-order valence-electron chi connectivity index (χ4n) is 2.41. The third-order valence-electron chi connectivity index (χ3n) is 5.03. The van der Waals surface area contributed by atoms with Gasteiger partial charge in [-0.05, 0) is 48.1 Å². The van der Waals surface area contributed by atoms with E-state index in [0.29, 0.717) is 23.5 Å². The number of nitrogens with zero attached hydrogens (tertiary/aromatic N) is 4. The van der Waals surface area contributed by atoms with Gasteiger partial charge in [-0.2, -0.15) is 4.98 Å². The molecule has 0 bridgehead atoms. The van der Waals surface area contributed by atoms with E-state index in [2.05, 4.69) is 9.97 Å². The Labute approximate surface area is 178 Å². The molecule has 0 fully saturated rings. The number of benzene rings is 1. The maximum absolute atomic E-state index is 12.9. The Morgan fingerprint density at radius 1 is 1.00 bits per heavy atom. The van der Waals surface area contributed by atoms with E-state index in [1.807, 2.05) is 76.1 Å². The van der Waals surface area contributed by atoms with Crippen LogP contribution in [-0.4, -0.2) is 86.3 Å². The highest BCUT2D eigenvalue weighted by atomic mass is 16.5. The van der Waals surface area contributed by atoms with Crippen LogP contribution in [0.1, 0.15) is 24.3 Å². The summed E-state index contributed by atoms with van der Waals surface area (Å²) in [7, 11) is 9.38. The van der Waals surface area contributed by atoms with Crippen molar-refractivity contribution in [3.63, 3.8) is 0 Å². The van der Waals surface area contributed by atoms with E-state index in [-0.39, 0.29) is 30.4 Å². The van der Waals surface area contributed by atoms with Crippen molar-refractivity contribution in [2.24, 2.45) is 0 Å². The van der Waals surface area contributed by atoms with Crippen molar-refractivity contribution in [1.29, 1.82) is 0 Å². The normalized spacial score (nSPS) is 13.2. The molecular weight excluding hydrogens is 384 g/mol. The van der Waals surface area contributed by atoms with Gasteiger partial charge in [0.2, 0.25) is 0 Å². The van der Waals surface area contributed by atoms with E-state index in [9.17, 15) is 4.79 Å². The molecule has 1 aromatic heterocycles. The molecule has 0 N–H and O–H groups in total. The van der Waals surface area contributed by atoms with Gasteiger partial charge in [0.25, 0.3) is 0 Å². The van der Waals surface area contributed by atoms with E-state index in [1.54, 1.807) is 13.3 Å². The van der Waals surface area contributed by atoms with Crippen LogP contribution in [0.2, 0.25) is 0 Å². The second kappa shape index (κ2) is 10.9. The number of para-hydroxylation sites is 1. The standard InChI is InChI=1S/C22H32N4O4/c1-15(25(3)4)13-29-21(27)20-18(17-10-8-9-11-19(17)28-7)12-23-22(24-20)30-14-16(2)26(5)6/h8-12,15-16H,13-14H2,1-7H3. The molecule has 0 aliphatic carbocycles. The van der Waals surface area contributed by atoms with Crippen LogP contribution < -0.4 is 9.47 Å². The molecule has 0 saturated carbocycles. The zero-order valence-corrected chi connectivity index (χ0v) is 18.9. The number of hydrogen-bond donors (Lipinski definition) is 0. The van der Waals surface area contributed by atoms with Gasteiger partial charge in [-0.25, -0.2) is 9.78 Å². The molecule has 0 aliphatic rings. The summed E-state index contributed by atoms with van der Waals surface area (Å²) in [5.41, 5.74) is 1.39. The first kappa shape index (κ1) is 23.6. The van der Waals surface area contributed by atoms with Gasteiger partial charge in [0.1, 0.15) is 19.0 Å². The van der Waals surface area contributed by atoms with Crippen LogP contribution in [0.25, 0.3) is 11.1 Å². The van der Waals surface area contributed by atoms with Gasteiger partial charge in [0, 0.05) is 29.4 Å². The van der Waals surface area contributed by atoms with Gasteiger partial charge < -0.3 is 24.0 Å². The number of aromatic nitrogens is 2. The summed E-state index contributed by atoms with van der Waals surface area (Å²) in [4.78, 5) is 25.6. The predicted molar refractivity (Wildman–Crippen MR) is 116 cm³/mol. The van der Waals surface area contributed by atoms with Gasteiger partial charge in [-0.15, -0.1) is 0 Å². The molecule has 0 aliphatic heterocycles. The highest BCUT2D eigenvalue weighted by molar-refractivity contribution is 5.96. The first-order valence-corrected chi connectivity index (χ1v) is 9.87. The van der Waals surface area contributed by atoms with E-state index in [0.717, 1.165) is 0 Å². The largest absolute Gasteiger partial charge is 0.496 e. The van der Waals surface area contributed by atoms with Crippen molar-refractivity contribution in [2.75, 3.05) is 48.5 Å². The number of likely N-dealkylation sites (N-methyl/N-ethyl adjacent to an activating group) is 2. The van der Waals surface area contributed by atoms with Crippen LogP contribution in [0.3, 0.4) is 0 Å². The van der Waals surface area contributed by atoms with E-state index in [1.165, 1.54) is 0 Å². The van der Waals surface area contributed by atoms with Crippen LogP contribution >= 0.6 is 0 Å². The van der Waals surface area contributed by atoms with Crippen molar-refractivity contribution < 1.29 is 19.0 Å². The topological polar surface area (TPSA) is 77.0 Å². The maximum atomic E-state index is 12.9. The lowest BCUT2D eigenvalue weighted by Gasteiger charge is -2.20. The fraction of sp³-hybridized carbons (Fsp3) is 0.500. The Balaban J connectivity index is 2.37. The van der Waals surface area contributed by atoms with Crippen molar-refractivity contribution in [1.82, 2.24) is 19.8 Å². The molecule has 0 radical (unpaired) electrons. The SMILES string of the molecule is COc1ccccc1-c1cnc(OCC(C)N(C)C)nc1C(=O)OCC(C)N(C)C. The number of methoxy groups -OCH3 is 1. The average Bonchev–Trinajstić information content (AvgIpc) is 2.74. The molecule has 8 heteroatoms. The minimum Gasteiger partial charge on any atom is -0.496 e. The zero-order valence-electron chi connectivity index (χ0n) is 18.9. The third kappa shape index (κ3) is 6.14. The molecule has 0 spiro atoms. The summed E-state index contributed by atoms with van der Waals surface area (Å²) in [5.74, 6) is 0.0872. The number of carbonyl (C=O) groups excluding carboxylic acids is 1. The van der Waals surface area contributed by atoms with Crippen LogP contribution in [0, 0.1) is 0 Å². The predicted octanol–water partition coefficient (Wildman–Crippen LogP) is 2.59. The van der Waals surface area contributed by atoms with E-state index >= 15 is 0 Å². The highest BCUT2D eigenvalue weighted by Gasteiger charge is 2.22. The fourth-order valence-corrected chi connectivity index (χ4v) is 2.41. The van der Waals surface area contributed by atoms with E-state index < -0.39 is 5.97 Å². The lowest BCUT2D eigenvalue weighted by Crippen LogP contribution is -2.31. The van der Waals surface area contributed by atoms with Crippen molar-refractivity contribution in [2.45, 2.75) is 25.9 Å². The summed E-state index contributed by atoms with van der Waals surface area (Å²) in [6.07, 6.45) is 1.58. The zero-order chi connectivity index (χ0) is 22.3. The Morgan fingerprint density at radius 3 is 2.27 bits per heavy atom. The lowest BCUT2D eigenvalue weighted by atomic mass is 10.0. The molecule has 2 aromatic rings. The Kier molecular flexibility index (Phi) is 8.56. The van der Waals surface area contributed by atoms with Crippen LogP contribution in [0.4, 0.5) is 0 Å². The third-order valence-corrected chi connectivity index (χ3v) is 5.03. The Morgan fingerprint density at radius 2 is 1.63 bits per heavy atom. The van der Waals surface area contributed by atoms with Gasteiger partial charge in [-0.3, -0.25) is 0 Å². The monoisotopic (exact) mass is 416 g/mol. The average molecular weight is 417 g/mol. The molecule has 2 rings (SSSR count). The molecule has 0 saturated heterocycles. The highest BCUT2D eigenvalue weighted by Crippen LogP contribution is 2.32. The maximum Gasteiger partial charge on any atom is 0.357 e. The molecular formula is C22H32N4O4. The number of carbonyl (C=O) groups is 1. The summed E-state index contributed by atoms with van der Waals surface area (Å²) in [6, 6.07) is 7.77. The van der Waals surface area contributed by atoms with Gasteiger partial charge in [-0.1, -0.05) is 18.2 Å². The molecule has 0 amide bonds. The van der Waals surface area contributed by atoms with Crippen molar-refractivity contribution in [3.05, 3.63) is 36.2 Å². The first-order valence-electron chi connectivity index (χ1n) is 9.87. The van der Waals surface area contributed by atoms with Gasteiger partial charge in [0.05, 0.1) is 7.11 Å². The number of esters is 1. The molecule has 1 aromatic carbocycles. The van der Waals surface area contributed by atoms with Crippen molar-refractivity contribution >= 4 is 5.97 Å². The van der Waals surface area contributed by atoms with Crippen molar-refractivity contribution in [3.8, 4) is 22.9 Å². The molecule has 1 heterocycles. The van der Waals surface area contributed by atoms with Gasteiger partial charge in [0.15, 0.2) is 5.69 Å². The second-order valence-electron chi connectivity index (χ2n) is 7.65. The minimum atomic E-state index is -0.530. The molecule has 164 valence electrons. The minimum absolute atomic E-state index is 0.0714. The number of hydrogen-bond acceptors (Lipinski definition) is 8. The Bertz CT molecular complexity index is 842. The molecule has 30 heavy (non-hydrogen) atoms.